The molecule has 1 unspecified atom stereocenters. The van der Waals surface area contributed by atoms with Crippen molar-refractivity contribution in [3.63, 3.8) is 0 Å². The Morgan fingerprint density at radius 2 is 2.05 bits per heavy atom. The van der Waals surface area contributed by atoms with Crippen molar-refractivity contribution in [3.05, 3.63) is 24.0 Å². The first kappa shape index (κ1) is 12.9. The van der Waals surface area contributed by atoms with Gasteiger partial charge in [-0.3, -0.25) is 0 Å². The van der Waals surface area contributed by atoms with Gasteiger partial charge in [0, 0.05) is 12.1 Å². The first-order valence-corrected chi connectivity index (χ1v) is 6.65. The minimum absolute atomic E-state index is 0.0230. The van der Waals surface area contributed by atoms with Crippen LogP contribution in [0.25, 0.3) is 11.4 Å². The Morgan fingerprint density at radius 1 is 1.25 bits per heavy atom. The van der Waals surface area contributed by atoms with E-state index in [0.29, 0.717) is 17.3 Å². The summed E-state index contributed by atoms with van der Waals surface area (Å²) in [6.45, 7) is 0.878. The lowest BCUT2D eigenvalue weighted by molar-refractivity contribution is 0.355. The van der Waals surface area contributed by atoms with E-state index in [2.05, 4.69) is 10.1 Å². The van der Waals surface area contributed by atoms with Gasteiger partial charge in [-0.15, -0.1) is 0 Å². The zero-order valence-electron chi connectivity index (χ0n) is 11.7. The van der Waals surface area contributed by atoms with Crippen LogP contribution < -0.4 is 15.2 Å². The molecule has 2 aromatic rings. The summed E-state index contributed by atoms with van der Waals surface area (Å²) in [7, 11) is 3.23. The van der Waals surface area contributed by atoms with Crippen molar-refractivity contribution in [2.45, 2.75) is 25.4 Å². The molecule has 0 saturated heterocycles. The Balaban J connectivity index is 2.01. The molecule has 6 heteroatoms. The minimum atomic E-state index is -0.0230. The van der Waals surface area contributed by atoms with Gasteiger partial charge in [0.15, 0.2) is 17.3 Å². The van der Waals surface area contributed by atoms with E-state index in [9.17, 15) is 0 Å². The van der Waals surface area contributed by atoms with Crippen molar-refractivity contribution >= 4 is 0 Å². The van der Waals surface area contributed by atoms with Crippen LogP contribution in [0.3, 0.4) is 0 Å². The van der Waals surface area contributed by atoms with E-state index in [1.165, 1.54) is 0 Å². The third-order valence-electron chi connectivity index (χ3n) is 3.56. The summed E-state index contributed by atoms with van der Waals surface area (Å²) >= 11 is 0. The predicted molar refractivity (Wildman–Crippen MR) is 74.7 cm³/mol. The molecule has 2 heterocycles. The fraction of sp³-hybridized carbons (Fsp3) is 0.429. The number of nitrogens with two attached hydrogens (primary N) is 1. The van der Waals surface area contributed by atoms with Gasteiger partial charge in [0.1, 0.15) is 5.82 Å². The summed E-state index contributed by atoms with van der Waals surface area (Å²) in [5.74, 6) is 2.90. The number of ether oxygens (including phenoxy) is 2. The molecule has 1 aromatic carbocycles. The van der Waals surface area contributed by atoms with Gasteiger partial charge in [0.2, 0.25) is 0 Å². The van der Waals surface area contributed by atoms with Crippen molar-refractivity contribution < 1.29 is 9.47 Å². The number of methoxy groups -OCH3 is 2. The molecule has 2 N–H and O–H groups in total. The molecule has 0 fully saturated rings. The van der Waals surface area contributed by atoms with Crippen LogP contribution in [0.5, 0.6) is 11.5 Å². The van der Waals surface area contributed by atoms with Gasteiger partial charge in [0.05, 0.1) is 20.3 Å². The SMILES string of the molecule is COc1ccc(-c2nc3n(n2)CCCC3N)cc1OC. The highest BCUT2D eigenvalue weighted by atomic mass is 16.5. The number of aromatic nitrogens is 3. The van der Waals surface area contributed by atoms with Gasteiger partial charge in [0.25, 0.3) is 0 Å². The van der Waals surface area contributed by atoms with Crippen molar-refractivity contribution in [2.75, 3.05) is 14.2 Å². The standard InChI is InChI=1S/C14H18N4O2/c1-19-11-6-5-9(8-12(11)20-2)13-16-14-10(15)4-3-7-18(14)17-13/h5-6,8,10H,3-4,7,15H2,1-2H3. The van der Waals surface area contributed by atoms with Crippen LogP contribution >= 0.6 is 0 Å². The summed E-state index contributed by atoms with van der Waals surface area (Å²) in [4.78, 5) is 4.56. The molecule has 0 radical (unpaired) electrons. The smallest absolute Gasteiger partial charge is 0.181 e. The second-order valence-electron chi connectivity index (χ2n) is 4.84. The van der Waals surface area contributed by atoms with Crippen LogP contribution in [0.4, 0.5) is 0 Å². The van der Waals surface area contributed by atoms with Crippen molar-refractivity contribution in [1.82, 2.24) is 14.8 Å². The van der Waals surface area contributed by atoms with Crippen LogP contribution in [-0.2, 0) is 6.54 Å². The van der Waals surface area contributed by atoms with Crippen LogP contribution in [0.15, 0.2) is 18.2 Å². The van der Waals surface area contributed by atoms with E-state index in [-0.39, 0.29) is 6.04 Å². The second kappa shape index (κ2) is 5.13. The Labute approximate surface area is 117 Å². The number of aryl methyl sites for hydroxylation is 1. The maximum atomic E-state index is 6.07. The lowest BCUT2D eigenvalue weighted by Crippen LogP contribution is -2.22. The minimum Gasteiger partial charge on any atom is -0.493 e. The number of nitrogens with zero attached hydrogens (tertiary/aromatic N) is 3. The maximum Gasteiger partial charge on any atom is 0.181 e. The summed E-state index contributed by atoms with van der Waals surface area (Å²) in [5.41, 5.74) is 6.97. The van der Waals surface area contributed by atoms with Crippen molar-refractivity contribution in [3.8, 4) is 22.9 Å². The van der Waals surface area contributed by atoms with Gasteiger partial charge < -0.3 is 15.2 Å². The molecule has 1 aliphatic heterocycles. The molecular weight excluding hydrogens is 256 g/mol. The molecule has 0 bridgehead atoms. The monoisotopic (exact) mass is 274 g/mol. The molecule has 0 saturated carbocycles. The van der Waals surface area contributed by atoms with Crippen molar-refractivity contribution in [1.29, 1.82) is 0 Å². The third kappa shape index (κ3) is 2.12. The second-order valence-corrected chi connectivity index (χ2v) is 4.84. The van der Waals surface area contributed by atoms with Crippen LogP contribution in [0, 0.1) is 0 Å². The molecule has 106 valence electrons. The quantitative estimate of drug-likeness (QED) is 0.923. The highest BCUT2D eigenvalue weighted by molar-refractivity contribution is 5.61. The number of hydrogen-bond donors (Lipinski definition) is 1. The van der Waals surface area contributed by atoms with E-state index in [0.717, 1.165) is 30.8 Å². The number of rotatable bonds is 3. The lowest BCUT2D eigenvalue weighted by atomic mass is 10.1. The molecule has 6 nitrogen and oxygen atoms in total. The Morgan fingerprint density at radius 3 is 2.75 bits per heavy atom. The molecule has 1 aromatic heterocycles. The van der Waals surface area contributed by atoms with Gasteiger partial charge in [-0.1, -0.05) is 0 Å². The summed E-state index contributed by atoms with van der Waals surface area (Å²) < 4.78 is 12.4. The Bertz CT molecular complexity index is 624. The van der Waals surface area contributed by atoms with Crippen LogP contribution in [-0.4, -0.2) is 29.0 Å². The fourth-order valence-electron chi connectivity index (χ4n) is 2.48. The normalized spacial score (nSPS) is 17.6. The summed E-state index contributed by atoms with van der Waals surface area (Å²) in [6.07, 6.45) is 2.01. The number of fused-ring (bicyclic) bond motifs is 1. The zero-order valence-corrected chi connectivity index (χ0v) is 11.7. The average Bonchev–Trinajstić information content (AvgIpc) is 2.92. The molecule has 1 atom stereocenters. The van der Waals surface area contributed by atoms with Crippen LogP contribution in [0.2, 0.25) is 0 Å². The van der Waals surface area contributed by atoms with E-state index in [4.69, 9.17) is 15.2 Å². The zero-order chi connectivity index (χ0) is 14.1. The summed E-state index contributed by atoms with van der Waals surface area (Å²) in [6, 6.07) is 5.64. The molecule has 0 aliphatic carbocycles. The number of hydrogen-bond acceptors (Lipinski definition) is 5. The summed E-state index contributed by atoms with van der Waals surface area (Å²) in [5, 5.41) is 4.53. The number of benzene rings is 1. The molecule has 20 heavy (non-hydrogen) atoms. The fourth-order valence-corrected chi connectivity index (χ4v) is 2.48. The maximum absolute atomic E-state index is 6.07. The largest absolute Gasteiger partial charge is 0.493 e. The van der Waals surface area contributed by atoms with Gasteiger partial charge >= 0.3 is 0 Å². The van der Waals surface area contributed by atoms with E-state index in [1.54, 1.807) is 14.2 Å². The molecular formula is C14H18N4O2. The first-order valence-electron chi connectivity index (χ1n) is 6.65. The predicted octanol–water partition coefficient (Wildman–Crippen LogP) is 1.76. The third-order valence-corrected chi connectivity index (χ3v) is 3.56. The topological polar surface area (TPSA) is 75.2 Å². The van der Waals surface area contributed by atoms with Crippen LogP contribution in [0.1, 0.15) is 24.7 Å². The van der Waals surface area contributed by atoms with Gasteiger partial charge in [-0.25, -0.2) is 9.67 Å². The Kier molecular flexibility index (Phi) is 3.31. The highest BCUT2D eigenvalue weighted by Gasteiger charge is 2.21. The van der Waals surface area contributed by atoms with E-state index < -0.39 is 0 Å². The molecule has 3 rings (SSSR count). The van der Waals surface area contributed by atoms with Gasteiger partial charge in [-0.05, 0) is 31.0 Å². The highest BCUT2D eigenvalue weighted by Crippen LogP contribution is 2.32. The average molecular weight is 274 g/mol. The molecule has 1 aliphatic rings. The van der Waals surface area contributed by atoms with E-state index >= 15 is 0 Å². The molecule has 0 amide bonds. The first-order chi connectivity index (χ1) is 9.72. The Hall–Kier alpha value is -2.08. The van der Waals surface area contributed by atoms with Crippen molar-refractivity contribution in [2.24, 2.45) is 5.73 Å². The van der Waals surface area contributed by atoms with E-state index in [1.807, 2.05) is 22.9 Å². The lowest BCUT2D eigenvalue weighted by Gasteiger charge is -2.17. The molecule has 0 spiro atoms. The van der Waals surface area contributed by atoms with Gasteiger partial charge in [-0.2, -0.15) is 5.10 Å².